The minimum atomic E-state index is -0.110. The lowest BCUT2D eigenvalue weighted by atomic mass is 9.84. The van der Waals surface area contributed by atoms with Gasteiger partial charge in [-0.05, 0) is 61.2 Å². The molecule has 0 aliphatic carbocycles. The molecule has 0 saturated carbocycles. The van der Waals surface area contributed by atoms with E-state index in [2.05, 4.69) is 11.0 Å². The third-order valence-electron chi connectivity index (χ3n) is 7.01. The van der Waals surface area contributed by atoms with E-state index in [9.17, 15) is 4.79 Å². The molecule has 4 aliphatic rings. The van der Waals surface area contributed by atoms with Crippen LogP contribution in [-0.2, 0) is 16.0 Å². The number of ether oxygens (including phenoxy) is 4. The van der Waals surface area contributed by atoms with Crippen molar-refractivity contribution in [1.29, 1.82) is 0 Å². The SMILES string of the molecule is COc1cc2cc(c1OC)Oc1ccc(cc1)CCC(=O)O[C@H]1CC3CCCCN3[C@H]2C1. The molecule has 0 amide bonds. The molecule has 6 nitrogen and oxygen atoms in total. The summed E-state index contributed by atoms with van der Waals surface area (Å²) in [6.07, 6.45) is 6.24. The molecule has 3 atom stereocenters. The Morgan fingerprint density at radius 3 is 2.62 bits per heavy atom. The quantitative estimate of drug-likeness (QED) is 0.614. The monoisotopic (exact) mass is 437 g/mol. The minimum Gasteiger partial charge on any atom is -0.493 e. The smallest absolute Gasteiger partial charge is 0.306 e. The van der Waals surface area contributed by atoms with Crippen LogP contribution in [0.4, 0.5) is 0 Å². The van der Waals surface area contributed by atoms with Crippen molar-refractivity contribution in [2.75, 3.05) is 20.8 Å². The highest BCUT2D eigenvalue weighted by molar-refractivity contribution is 5.70. The minimum absolute atomic E-state index is 0.0729. The summed E-state index contributed by atoms with van der Waals surface area (Å²) in [5.41, 5.74) is 2.19. The van der Waals surface area contributed by atoms with Gasteiger partial charge in [0, 0.05) is 31.3 Å². The van der Waals surface area contributed by atoms with E-state index in [1.807, 2.05) is 30.3 Å². The van der Waals surface area contributed by atoms with Gasteiger partial charge in [0.05, 0.1) is 14.2 Å². The van der Waals surface area contributed by atoms with Crippen LogP contribution in [0.15, 0.2) is 36.4 Å². The second-order valence-electron chi connectivity index (χ2n) is 8.99. The fourth-order valence-corrected chi connectivity index (χ4v) is 5.45. The number of carbonyl (C=O) groups is 1. The van der Waals surface area contributed by atoms with Gasteiger partial charge in [0.1, 0.15) is 11.9 Å². The van der Waals surface area contributed by atoms with Crippen molar-refractivity contribution in [3.63, 3.8) is 0 Å². The van der Waals surface area contributed by atoms with Gasteiger partial charge < -0.3 is 18.9 Å². The van der Waals surface area contributed by atoms with Crippen molar-refractivity contribution in [1.82, 2.24) is 4.90 Å². The van der Waals surface area contributed by atoms with Crippen molar-refractivity contribution >= 4 is 5.97 Å². The second-order valence-corrected chi connectivity index (χ2v) is 8.99. The molecule has 2 aromatic carbocycles. The van der Waals surface area contributed by atoms with Gasteiger partial charge >= 0.3 is 5.97 Å². The standard InChI is InChI=1S/C26H31NO5/c1-29-23-13-18-14-24(26(23)30-2)31-20-9-6-17(7-10-20)8-11-25(28)32-21-15-19-5-3-4-12-27(19)22(18)16-21/h6-7,9-10,13-14,19,21-22H,3-5,8,11-12,15-16H2,1-2H3/t19?,21-,22-/m0/s1. The molecule has 32 heavy (non-hydrogen) atoms. The van der Waals surface area contributed by atoms with E-state index in [0.29, 0.717) is 36.1 Å². The number of carbonyl (C=O) groups excluding carboxylic acids is 1. The first-order valence-electron chi connectivity index (χ1n) is 11.6. The van der Waals surface area contributed by atoms with E-state index in [4.69, 9.17) is 18.9 Å². The molecule has 0 aromatic heterocycles. The average molecular weight is 438 g/mol. The van der Waals surface area contributed by atoms with E-state index < -0.39 is 0 Å². The normalized spacial score (nSPS) is 25.6. The lowest BCUT2D eigenvalue weighted by Crippen LogP contribution is -2.49. The molecule has 170 valence electrons. The van der Waals surface area contributed by atoms with Crippen molar-refractivity contribution in [3.8, 4) is 23.0 Å². The lowest BCUT2D eigenvalue weighted by Gasteiger charge is -2.47. The van der Waals surface area contributed by atoms with Gasteiger partial charge in [-0.15, -0.1) is 0 Å². The van der Waals surface area contributed by atoms with Crippen LogP contribution >= 0.6 is 0 Å². The maximum Gasteiger partial charge on any atom is 0.306 e. The van der Waals surface area contributed by atoms with E-state index in [1.54, 1.807) is 14.2 Å². The number of rotatable bonds is 2. The van der Waals surface area contributed by atoms with Crippen LogP contribution in [0.5, 0.6) is 23.0 Å². The van der Waals surface area contributed by atoms with Crippen molar-refractivity contribution in [2.45, 2.75) is 63.1 Å². The molecule has 4 aliphatic heterocycles. The van der Waals surface area contributed by atoms with Gasteiger partial charge in [0.15, 0.2) is 11.5 Å². The van der Waals surface area contributed by atoms with Crippen LogP contribution in [0.25, 0.3) is 0 Å². The summed E-state index contributed by atoms with van der Waals surface area (Å²) in [6.45, 7) is 1.06. The first-order valence-corrected chi connectivity index (χ1v) is 11.6. The largest absolute Gasteiger partial charge is 0.493 e. The first kappa shape index (κ1) is 21.1. The third-order valence-corrected chi connectivity index (χ3v) is 7.01. The van der Waals surface area contributed by atoms with Gasteiger partial charge in [-0.1, -0.05) is 18.6 Å². The highest BCUT2D eigenvalue weighted by atomic mass is 16.5. The Bertz CT molecular complexity index is 973. The van der Waals surface area contributed by atoms with Crippen LogP contribution in [0.3, 0.4) is 0 Å². The Labute approximate surface area is 189 Å². The van der Waals surface area contributed by atoms with E-state index in [-0.39, 0.29) is 18.1 Å². The third kappa shape index (κ3) is 4.16. The van der Waals surface area contributed by atoms with Crippen molar-refractivity contribution in [3.05, 3.63) is 47.5 Å². The molecule has 0 spiro atoms. The fraction of sp³-hybridized carbons (Fsp3) is 0.500. The van der Waals surface area contributed by atoms with Crippen LogP contribution in [-0.4, -0.2) is 43.8 Å². The molecule has 6 heteroatoms. The van der Waals surface area contributed by atoms with E-state index in [0.717, 1.165) is 42.7 Å². The van der Waals surface area contributed by atoms with Crippen molar-refractivity contribution in [2.24, 2.45) is 0 Å². The summed E-state index contributed by atoms with van der Waals surface area (Å²) in [4.78, 5) is 15.2. The predicted molar refractivity (Wildman–Crippen MR) is 121 cm³/mol. The molecule has 2 fully saturated rings. The maximum absolute atomic E-state index is 12.7. The Morgan fingerprint density at radius 2 is 1.84 bits per heavy atom. The van der Waals surface area contributed by atoms with E-state index in [1.165, 1.54) is 12.8 Å². The highest BCUT2D eigenvalue weighted by Gasteiger charge is 2.39. The first-order chi connectivity index (χ1) is 15.6. The van der Waals surface area contributed by atoms with Crippen LogP contribution in [0.2, 0.25) is 0 Å². The number of piperidine rings is 2. The van der Waals surface area contributed by atoms with Gasteiger partial charge in [-0.25, -0.2) is 0 Å². The fourth-order valence-electron chi connectivity index (χ4n) is 5.45. The molecular weight excluding hydrogens is 406 g/mol. The summed E-state index contributed by atoms with van der Waals surface area (Å²) in [5, 5.41) is 0. The average Bonchev–Trinajstić information content (AvgIpc) is 2.82. The van der Waals surface area contributed by atoms with Gasteiger partial charge in [-0.2, -0.15) is 0 Å². The molecule has 2 aromatic rings. The number of hydrogen-bond donors (Lipinski definition) is 0. The summed E-state index contributed by atoms with van der Waals surface area (Å²) in [5.74, 6) is 2.48. The topological polar surface area (TPSA) is 57.2 Å². The Morgan fingerprint density at radius 1 is 1.00 bits per heavy atom. The number of hydrogen-bond acceptors (Lipinski definition) is 6. The Hall–Kier alpha value is -2.73. The number of methoxy groups -OCH3 is 2. The van der Waals surface area contributed by atoms with Gasteiger partial charge in [0.2, 0.25) is 5.75 Å². The molecule has 4 heterocycles. The predicted octanol–water partition coefficient (Wildman–Crippen LogP) is 5.04. The van der Waals surface area contributed by atoms with Crippen molar-refractivity contribution < 1.29 is 23.7 Å². The van der Waals surface area contributed by atoms with Crippen LogP contribution in [0.1, 0.15) is 55.7 Å². The zero-order chi connectivity index (χ0) is 22.1. The molecule has 2 saturated heterocycles. The number of benzene rings is 2. The molecule has 1 unspecified atom stereocenters. The summed E-state index contributed by atoms with van der Waals surface area (Å²) in [7, 11) is 3.28. The molecule has 0 N–H and O–H groups in total. The Balaban J connectivity index is 1.61. The summed E-state index contributed by atoms with van der Waals surface area (Å²) in [6, 6.07) is 12.5. The van der Waals surface area contributed by atoms with Gasteiger partial charge in [-0.3, -0.25) is 9.69 Å². The molecular formula is C26H31NO5. The summed E-state index contributed by atoms with van der Waals surface area (Å²) >= 11 is 0. The zero-order valence-corrected chi connectivity index (χ0v) is 18.8. The number of nitrogens with zero attached hydrogens (tertiary/aromatic N) is 1. The summed E-state index contributed by atoms with van der Waals surface area (Å²) < 4.78 is 23.7. The van der Waals surface area contributed by atoms with Crippen LogP contribution in [0, 0.1) is 0 Å². The van der Waals surface area contributed by atoms with E-state index >= 15 is 0 Å². The molecule has 6 rings (SSSR count). The zero-order valence-electron chi connectivity index (χ0n) is 18.8. The van der Waals surface area contributed by atoms with Crippen LogP contribution < -0.4 is 14.2 Å². The number of aryl methyl sites for hydroxylation is 1. The number of esters is 1. The molecule has 0 radical (unpaired) electrons. The maximum atomic E-state index is 12.7. The lowest BCUT2D eigenvalue weighted by molar-refractivity contribution is -0.154. The number of fused-ring (bicyclic) bond motifs is 6. The second kappa shape index (κ2) is 9.02. The Kier molecular flexibility index (Phi) is 5.96. The molecule has 6 bridgehead atoms. The van der Waals surface area contributed by atoms with Gasteiger partial charge in [0.25, 0.3) is 0 Å². The highest BCUT2D eigenvalue weighted by Crippen LogP contribution is 2.46.